The number of nitrogens with zero attached hydrogens (tertiary/aromatic N) is 2. The topological polar surface area (TPSA) is 70.4 Å². The largest absolute Gasteiger partial charge is 0.472 e. The van der Waals surface area contributed by atoms with Crippen molar-refractivity contribution in [1.29, 1.82) is 0 Å². The Bertz CT molecular complexity index is 1140. The molecule has 0 radical (unpaired) electrons. The molecule has 0 amide bonds. The van der Waals surface area contributed by atoms with Crippen LogP contribution in [0.5, 0.6) is 5.88 Å². The van der Waals surface area contributed by atoms with Crippen LogP contribution in [-0.4, -0.2) is 22.6 Å². The summed E-state index contributed by atoms with van der Waals surface area (Å²) in [7, 11) is 1.28. The van der Waals surface area contributed by atoms with Gasteiger partial charge in [-0.2, -0.15) is 4.98 Å². The molecule has 1 aromatic heterocycles. The van der Waals surface area contributed by atoms with E-state index in [9.17, 15) is 18.4 Å². The third kappa shape index (κ3) is 4.53. The fourth-order valence-corrected chi connectivity index (χ4v) is 2.94. The van der Waals surface area contributed by atoms with Crippen molar-refractivity contribution in [3.05, 3.63) is 81.6 Å². The molecule has 3 rings (SSSR count). The van der Waals surface area contributed by atoms with Crippen LogP contribution in [-0.2, 0) is 11.3 Å². The van der Waals surface area contributed by atoms with E-state index >= 15 is 0 Å². The van der Waals surface area contributed by atoms with Gasteiger partial charge in [0.15, 0.2) is 0 Å². The molecule has 6 nitrogen and oxygen atoms in total. The van der Waals surface area contributed by atoms with Gasteiger partial charge < -0.3 is 9.47 Å². The molecule has 2 aromatic carbocycles. The Morgan fingerprint density at radius 2 is 1.90 bits per heavy atom. The van der Waals surface area contributed by atoms with Crippen molar-refractivity contribution in [3.8, 4) is 17.3 Å². The number of carbonyl (C=O) groups excluding carboxylic acids is 1. The summed E-state index contributed by atoms with van der Waals surface area (Å²) in [5, 5.41) is 0. The van der Waals surface area contributed by atoms with Gasteiger partial charge in [0.05, 0.1) is 18.7 Å². The summed E-state index contributed by atoms with van der Waals surface area (Å²) in [4.78, 5) is 29.0. The lowest BCUT2D eigenvalue weighted by molar-refractivity contribution is 0.0601. The van der Waals surface area contributed by atoms with Gasteiger partial charge in [0.2, 0.25) is 5.88 Å². The van der Waals surface area contributed by atoms with E-state index in [-0.39, 0.29) is 35.5 Å². The fraction of sp³-hybridized carbons (Fsp3) is 0.227. The predicted molar refractivity (Wildman–Crippen MR) is 106 cm³/mol. The van der Waals surface area contributed by atoms with Gasteiger partial charge in [-0.25, -0.2) is 13.6 Å². The summed E-state index contributed by atoms with van der Waals surface area (Å²) in [5.74, 6) is -1.69. The van der Waals surface area contributed by atoms with Crippen LogP contribution in [0, 0.1) is 11.6 Å². The minimum absolute atomic E-state index is 0.0147. The van der Waals surface area contributed by atoms with Crippen molar-refractivity contribution < 1.29 is 23.0 Å². The van der Waals surface area contributed by atoms with Gasteiger partial charge in [0, 0.05) is 23.2 Å². The molecular weight excluding hydrogens is 394 g/mol. The Morgan fingerprint density at radius 3 is 2.57 bits per heavy atom. The summed E-state index contributed by atoms with van der Waals surface area (Å²) in [6, 6.07) is 10.6. The van der Waals surface area contributed by atoms with Crippen LogP contribution in [0.25, 0.3) is 11.4 Å². The van der Waals surface area contributed by atoms with Crippen LogP contribution in [0.15, 0.2) is 53.3 Å². The predicted octanol–water partition coefficient (Wildman–Crippen LogP) is 4.14. The van der Waals surface area contributed by atoms with Gasteiger partial charge in [0.25, 0.3) is 5.56 Å². The van der Waals surface area contributed by atoms with E-state index in [1.807, 2.05) is 13.8 Å². The van der Waals surface area contributed by atoms with Crippen molar-refractivity contribution in [3.63, 3.8) is 0 Å². The molecule has 0 aliphatic rings. The van der Waals surface area contributed by atoms with Gasteiger partial charge in [-0.1, -0.05) is 12.1 Å². The van der Waals surface area contributed by atoms with Gasteiger partial charge in [-0.05, 0) is 38.1 Å². The maximum absolute atomic E-state index is 13.9. The van der Waals surface area contributed by atoms with Gasteiger partial charge >= 0.3 is 5.97 Å². The quantitative estimate of drug-likeness (QED) is 0.567. The minimum Gasteiger partial charge on any atom is -0.472 e. The average Bonchev–Trinajstić information content (AvgIpc) is 2.71. The molecular formula is C22H20F2N2O4. The molecule has 1 heterocycles. The fourth-order valence-electron chi connectivity index (χ4n) is 2.94. The van der Waals surface area contributed by atoms with Crippen LogP contribution in [0.4, 0.5) is 8.78 Å². The zero-order valence-electron chi connectivity index (χ0n) is 16.7. The molecule has 0 bridgehead atoms. The third-order valence-electron chi connectivity index (χ3n) is 4.38. The maximum atomic E-state index is 13.9. The molecule has 8 heteroatoms. The Kier molecular flexibility index (Phi) is 6.25. The van der Waals surface area contributed by atoms with Crippen molar-refractivity contribution in [2.45, 2.75) is 26.5 Å². The highest BCUT2D eigenvalue weighted by molar-refractivity contribution is 5.90. The van der Waals surface area contributed by atoms with E-state index in [1.54, 1.807) is 24.3 Å². The summed E-state index contributed by atoms with van der Waals surface area (Å²) >= 11 is 0. The Morgan fingerprint density at radius 1 is 1.13 bits per heavy atom. The van der Waals surface area contributed by atoms with Gasteiger partial charge in [-0.15, -0.1) is 0 Å². The first-order chi connectivity index (χ1) is 14.3. The Balaban J connectivity index is 2.01. The standard InChI is InChI=1S/C22H20F2N2O4/c1-13(2)26-20(27)11-19(30-12-16-7-8-17(23)10-18(16)24)25-21(26)14-5-4-6-15(9-14)22(28)29-3/h4-11,13H,12H2,1-3H3. The zero-order chi connectivity index (χ0) is 21.8. The Labute approximate surface area is 171 Å². The highest BCUT2D eigenvalue weighted by atomic mass is 19.1. The monoisotopic (exact) mass is 414 g/mol. The number of hydrogen-bond donors (Lipinski definition) is 0. The van der Waals surface area contributed by atoms with E-state index in [0.717, 1.165) is 12.1 Å². The molecule has 0 unspecified atom stereocenters. The molecule has 0 fully saturated rings. The molecule has 3 aromatic rings. The molecule has 156 valence electrons. The number of aromatic nitrogens is 2. The first-order valence-electron chi connectivity index (χ1n) is 9.19. The zero-order valence-corrected chi connectivity index (χ0v) is 16.7. The second kappa shape index (κ2) is 8.86. The smallest absolute Gasteiger partial charge is 0.337 e. The summed E-state index contributed by atoms with van der Waals surface area (Å²) in [6.07, 6.45) is 0. The number of esters is 1. The normalized spacial score (nSPS) is 10.9. The van der Waals surface area contributed by atoms with E-state index in [0.29, 0.717) is 11.1 Å². The molecule has 0 aliphatic carbocycles. The number of rotatable bonds is 6. The number of methoxy groups -OCH3 is 1. The second-order valence-electron chi connectivity index (χ2n) is 6.82. The number of ether oxygens (including phenoxy) is 2. The van der Waals surface area contributed by atoms with Crippen molar-refractivity contribution in [2.75, 3.05) is 7.11 Å². The average molecular weight is 414 g/mol. The molecule has 0 spiro atoms. The number of carbonyl (C=O) groups is 1. The summed E-state index contributed by atoms with van der Waals surface area (Å²) in [5.41, 5.74) is 0.579. The van der Waals surface area contributed by atoms with Crippen molar-refractivity contribution in [1.82, 2.24) is 9.55 Å². The molecule has 0 saturated heterocycles. The summed E-state index contributed by atoms with van der Waals surface area (Å²) < 4.78 is 38.6. The Hall–Kier alpha value is -3.55. The van der Waals surface area contributed by atoms with E-state index in [2.05, 4.69) is 4.98 Å². The molecule has 0 atom stereocenters. The molecule has 0 N–H and O–H groups in total. The van der Waals surface area contributed by atoms with Gasteiger partial charge in [-0.3, -0.25) is 9.36 Å². The van der Waals surface area contributed by atoms with Crippen LogP contribution in [0.1, 0.15) is 35.8 Å². The third-order valence-corrected chi connectivity index (χ3v) is 4.38. The van der Waals surface area contributed by atoms with E-state index < -0.39 is 17.6 Å². The van der Waals surface area contributed by atoms with Gasteiger partial charge in [0.1, 0.15) is 24.1 Å². The lowest BCUT2D eigenvalue weighted by Crippen LogP contribution is -2.24. The number of benzene rings is 2. The summed E-state index contributed by atoms with van der Waals surface area (Å²) in [6.45, 7) is 3.42. The minimum atomic E-state index is -0.753. The SMILES string of the molecule is COC(=O)c1cccc(-c2nc(OCc3ccc(F)cc3F)cc(=O)n2C(C)C)c1. The van der Waals surface area contributed by atoms with E-state index in [4.69, 9.17) is 9.47 Å². The van der Waals surface area contributed by atoms with Crippen LogP contribution in [0.3, 0.4) is 0 Å². The lowest BCUT2D eigenvalue weighted by Gasteiger charge is -2.17. The lowest BCUT2D eigenvalue weighted by atomic mass is 10.1. The first-order valence-corrected chi connectivity index (χ1v) is 9.19. The molecule has 0 saturated carbocycles. The van der Waals surface area contributed by atoms with Crippen LogP contribution in [0.2, 0.25) is 0 Å². The number of halogens is 2. The van der Waals surface area contributed by atoms with E-state index in [1.165, 1.54) is 23.8 Å². The maximum Gasteiger partial charge on any atom is 0.337 e. The van der Waals surface area contributed by atoms with Crippen LogP contribution >= 0.6 is 0 Å². The van der Waals surface area contributed by atoms with Crippen LogP contribution < -0.4 is 10.3 Å². The number of hydrogen-bond acceptors (Lipinski definition) is 5. The highest BCUT2D eigenvalue weighted by Crippen LogP contribution is 2.23. The van der Waals surface area contributed by atoms with Crippen molar-refractivity contribution in [2.24, 2.45) is 0 Å². The second-order valence-corrected chi connectivity index (χ2v) is 6.82. The first kappa shape index (κ1) is 21.2. The molecule has 0 aliphatic heterocycles. The molecule has 30 heavy (non-hydrogen) atoms. The van der Waals surface area contributed by atoms with Crippen molar-refractivity contribution >= 4 is 5.97 Å². The highest BCUT2D eigenvalue weighted by Gasteiger charge is 2.16.